The number of hydrogen-bond donors (Lipinski definition) is 1. The smallest absolute Gasteiger partial charge is 0.240 e. The fourth-order valence-corrected chi connectivity index (χ4v) is 4.29. The third-order valence-electron chi connectivity index (χ3n) is 3.84. The van der Waals surface area contributed by atoms with Crippen LogP contribution in [0.2, 0.25) is 0 Å². The summed E-state index contributed by atoms with van der Waals surface area (Å²) in [6.07, 6.45) is 0. The molecule has 2 heterocycles. The van der Waals surface area contributed by atoms with E-state index in [0.29, 0.717) is 31.3 Å². The van der Waals surface area contributed by atoms with Gasteiger partial charge in [0.1, 0.15) is 13.2 Å². The highest BCUT2D eigenvalue weighted by atomic mass is 32.2. The van der Waals surface area contributed by atoms with Crippen LogP contribution in [0.1, 0.15) is 11.6 Å². The summed E-state index contributed by atoms with van der Waals surface area (Å²) in [5, 5.41) is 4.02. The van der Waals surface area contributed by atoms with E-state index in [-0.39, 0.29) is 10.9 Å². The molecule has 1 atom stereocenters. The SMILES string of the molecule is CN(C)[C@H](CNS(=O)(=O)c1ccc2c(c1)OCCO2)c1ccsc1. The van der Waals surface area contributed by atoms with E-state index in [1.165, 1.54) is 12.1 Å². The van der Waals surface area contributed by atoms with Crippen molar-refractivity contribution < 1.29 is 17.9 Å². The summed E-state index contributed by atoms with van der Waals surface area (Å²) in [6, 6.07) is 6.65. The van der Waals surface area contributed by atoms with Crippen LogP contribution in [0.25, 0.3) is 0 Å². The summed E-state index contributed by atoms with van der Waals surface area (Å²) in [5.41, 5.74) is 1.09. The normalized spacial score (nSPS) is 15.5. The summed E-state index contributed by atoms with van der Waals surface area (Å²) < 4.78 is 38.8. The molecule has 0 unspecified atom stereocenters. The van der Waals surface area contributed by atoms with Crippen molar-refractivity contribution in [2.24, 2.45) is 0 Å². The van der Waals surface area contributed by atoms with E-state index in [9.17, 15) is 8.42 Å². The third-order valence-corrected chi connectivity index (χ3v) is 5.96. The summed E-state index contributed by atoms with van der Waals surface area (Å²) >= 11 is 1.60. The predicted molar refractivity (Wildman–Crippen MR) is 93.4 cm³/mol. The van der Waals surface area contributed by atoms with Crippen molar-refractivity contribution in [2.45, 2.75) is 10.9 Å². The van der Waals surface area contributed by atoms with Gasteiger partial charge in [-0.1, -0.05) is 0 Å². The van der Waals surface area contributed by atoms with Crippen LogP contribution in [0.3, 0.4) is 0 Å². The average molecular weight is 368 g/mol. The van der Waals surface area contributed by atoms with Gasteiger partial charge in [0, 0.05) is 18.7 Å². The number of thiophene rings is 1. The molecule has 0 saturated heterocycles. The first kappa shape index (κ1) is 17.2. The van der Waals surface area contributed by atoms with Gasteiger partial charge in [-0.05, 0) is 48.6 Å². The zero-order valence-electron chi connectivity index (χ0n) is 13.6. The lowest BCUT2D eigenvalue weighted by Crippen LogP contribution is -2.34. The molecular formula is C16H20N2O4S2. The van der Waals surface area contributed by atoms with Crippen LogP contribution in [0, 0.1) is 0 Å². The molecule has 3 rings (SSSR count). The zero-order valence-corrected chi connectivity index (χ0v) is 15.2. The second-order valence-electron chi connectivity index (χ2n) is 5.69. The fourth-order valence-electron chi connectivity index (χ4n) is 2.53. The van der Waals surface area contributed by atoms with Crippen LogP contribution in [0.4, 0.5) is 0 Å². The minimum absolute atomic E-state index is 0.0248. The summed E-state index contributed by atoms with van der Waals surface area (Å²) in [6.45, 7) is 1.19. The number of likely N-dealkylation sites (N-methyl/N-ethyl adjacent to an activating group) is 1. The number of fused-ring (bicyclic) bond motifs is 1. The van der Waals surface area contributed by atoms with E-state index in [1.54, 1.807) is 17.4 Å². The summed E-state index contributed by atoms with van der Waals surface area (Å²) in [4.78, 5) is 2.17. The maximum absolute atomic E-state index is 12.6. The largest absolute Gasteiger partial charge is 0.486 e. The molecule has 1 aromatic carbocycles. The quantitative estimate of drug-likeness (QED) is 0.846. The van der Waals surface area contributed by atoms with E-state index >= 15 is 0 Å². The maximum Gasteiger partial charge on any atom is 0.240 e. The van der Waals surface area contributed by atoms with Crippen LogP contribution in [0.15, 0.2) is 39.9 Å². The van der Waals surface area contributed by atoms with Crippen LogP contribution < -0.4 is 14.2 Å². The fraction of sp³-hybridized carbons (Fsp3) is 0.375. The lowest BCUT2D eigenvalue weighted by molar-refractivity contribution is 0.171. The van der Waals surface area contributed by atoms with Gasteiger partial charge < -0.3 is 14.4 Å². The molecular weight excluding hydrogens is 348 g/mol. The highest BCUT2D eigenvalue weighted by Crippen LogP contribution is 2.32. The van der Waals surface area contributed by atoms with E-state index in [1.807, 2.05) is 35.8 Å². The van der Waals surface area contributed by atoms with E-state index in [0.717, 1.165) is 5.56 Å². The topological polar surface area (TPSA) is 67.9 Å². The number of ether oxygens (including phenoxy) is 2. The highest BCUT2D eigenvalue weighted by molar-refractivity contribution is 7.89. The van der Waals surface area contributed by atoms with Gasteiger partial charge in [0.15, 0.2) is 11.5 Å². The molecule has 0 spiro atoms. The molecule has 2 aromatic rings. The van der Waals surface area contributed by atoms with Crippen molar-refractivity contribution in [1.29, 1.82) is 0 Å². The molecule has 0 amide bonds. The molecule has 130 valence electrons. The van der Waals surface area contributed by atoms with E-state index < -0.39 is 10.0 Å². The molecule has 0 fully saturated rings. The Morgan fingerprint density at radius 3 is 2.62 bits per heavy atom. The second-order valence-corrected chi connectivity index (χ2v) is 8.24. The van der Waals surface area contributed by atoms with Crippen molar-refractivity contribution in [3.8, 4) is 11.5 Å². The van der Waals surface area contributed by atoms with Crippen molar-refractivity contribution in [2.75, 3.05) is 33.9 Å². The maximum atomic E-state index is 12.6. The highest BCUT2D eigenvalue weighted by Gasteiger charge is 2.22. The van der Waals surface area contributed by atoms with Gasteiger partial charge in [0.25, 0.3) is 0 Å². The van der Waals surface area contributed by atoms with Crippen molar-refractivity contribution in [3.63, 3.8) is 0 Å². The second kappa shape index (κ2) is 7.10. The molecule has 1 N–H and O–H groups in total. The average Bonchev–Trinajstić information content (AvgIpc) is 3.08. The molecule has 24 heavy (non-hydrogen) atoms. The molecule has 8 heteroatoms. The zero-order chi connectivity index (χ0) is 17.2. The number of rotatable bonds is 6. The summed E-state index contributed by atoms with van der Waals surface area (Å²) in [7, 11) is 0.240. The molecule has 0 aliphatic carbocycles. The minimum Gasteiger partial charge on any atom is -0.486 e. The Labute approximate surface area is 146 Å². The monoisotopic (exact) mass is 368 g/mol. The Balaban J connectivity index is 1.76. The van der Waals surface area contributed by atoms with Crippen molar-refractivity contribution in [1.82, 2.24) is 9.62 Å². The van der Waals surface area contributed by atoms with Crippen LogP contribution in [0.5, 0.6) is 11.5 Å². The van der Waals surface area contributed by atoms with Gasteiger partial charge in [-0.15, -0.1) is 0 Å². The Morgan fingerprint density at radius 2 is 1.96 bits per heavy atom. The lowest BCUT2D eigenvalue weighted by atomic mass is 10.1. The third kappa shape index (κ3) is 3.72. The Bertz CT molecular complexity index is 788. The van der Waals surface area contributed by atoms with E-state index in [2.05, 4.69) is 4.72 Å². The molecule has 0 bridgehead atoms. The Morgan fingerprint density at radius 1 is 1.21 bits per heavy atom. The number of hydrogen-bond acceptors (Lipinski definition) is 6. The number of nitrogens with zero attached hydrogens (tertiary/aromatic N) is 1. The first-order valence-corrected chi connectivity index (χ1v) is 9.98. The molecule has 6 nitrogen and oxygen atoms in total. The van der Waals surface area contributed by atoms with Crippen LogP contribution >= 0.6 is 11.3 Å². The van der Waals surface area contributed by atoms with Gasteiger partial charge in [-0.3, -0.25) is 0 Å². The predicted octanol–water partition coefficient (Wildman–Crippen LogP) is 2.10. The van der Waals surface area contributed by atoms with Gasteiger partial charge in [0.05, 0.1) is 4.90 Å². The summed E-state index contributed by atoms with van der Waals surface area (Å²) in [5.74, 6) is 1.04. The Kier molecular flexibility index (Phi) is 5.09. The lowest BCUT2D eigenvalue weighted by Gasteiger charge is -2.24. The van der Waals surface area contributed by atoms with Crippen LogP contribution in [-0.2, 0) is 10.0 Å². The minimum atomic E-state index is -3.62. The number of sulfonamides is 1. The molecule has 0 radical (unpaired) electrons. The molecule has 0 saturated carbocycles. The first-order valence-electron chi connectivity index (χ1n) is 7.55. The first-order chi connectivity index (χ1) is 11.5. The van der Waals surface area contributed by atoms with Crippen molar-refractivity contribution in [3.05, 3.63) is 40.6 Å². The van der Waals surface area contributed by atoms with Crippen molar-refractivity contribution >= 4 is 21.4 Å². The molecule has 1 aliphatic rings. The number of nitrogens with one attached hydrogen (secondary N) is 1. The Hall–Kier alpha value is -1.61. The molecule has 1 aromatic heterocycles. The van der Waals surface area contributed by atoms with Gasteiger partial charge in [-0.25, -0.2) is 13.1 Å². The standard InChI is InChI=1S/C16H20N2O4S2/c1-18(2)14(12-5-8-23-11-12)10-17-24(19,20)13-3-4-15-16(9-13)22-7-6-21-15/h3-5,8-9,11,14,17H,6-7,10H2,1-2H3/t14-/m1/s1. The number of benzene rings is 1. The van der Waals surface area contributed by atoms with Crippen LogP contribution in [-0.4, -0.2) is 47.2 Å². The van der Waals surface area contributed by atoms with Gasteiger partial charge >= 0.3 is 0 Å². The van der Waals surface area contributed by atoms with Gasteiger partial charge in [-0.2, -0.15) is 11.3 Å². The van der Waals surface area contributed by atoms with E-state index in [4.69, 9.17) is 9.47 Å². The van der Waals surface area contributed by atoms with Gasteiger partial charge in [0.2, 0.25) is 10.0 Å². The molecule has 1 aliphatic heterocycles.